The first kappa shape index (κ1) is 13.2. The van der Waals surface area contributed by atoms with Crippen LogP contribution in [0.5, 0.6) is 0 Å². The lowest BCUT2D eigenvalue weighted by molar-refractivity contribution is 1.01. The third kappa shape index (κ3) is 3.61. The van der Waals surface area contributed by atoms with E-state index in [1.54, 1.807) is 0 Å². The normalized spacial score (nSPS) is 10.9. The fourth-order valence-electron chi connectivity index (χ4n) is 1.94. The molecular formula is C18H17N. The van der Waals surface area contributed by atoms with Crippen LogP contribution in [0.3, 0.4) is 0 Å². The number of hydrogen-bond donors (Lipinski definition) is 0. The summed E-state index contributed by atoms with van der Waals surface area (Å²) in [6.07, 6.45) is 4.90. The predicted octanol–water partition coefficient (Wildman–Crippen LogP) is 4.73. The second kappa shape index (κ2) is 6.63. The van der Waals surface area contributed by atoms with Gasteiger partial charge >= 0.3 is 0 Å². The van der Waals surface area contributed by atoms with E-state index < -0.39 is 0 Å². The van der Waals surface area contributed by atoms with Crippen molar-refractivity contribution < 1.29 is 0 Å². The minimum atomic E-state index is 0.401. The molecule has 0 aromatic heterocycles. The first-order valence-electron chi connectivity index (χ1n) is 6.61. The fraction of sp³-hybridized carbons (Fsp3) is 0.167. The minimum absolute atomic E-state index is 0.401. The van der Waals surface area contributed by atoms with Crippen LogP contribution in [0.2, 0.25) is 0 Å². The smallest absolute Gasteiger partial charge is 0.122 e. The van der Waals surface area contributed by atoms with Crippen molar-refractivity contribution in [2.75, 3.05) is 0 Å². The molecule has 0 heterocycles. The first-order chi connectivity index (χ1) is 9.31. The second-order valence-electron chi connectivity index (χ2n) is 4.43. The summed E-state index contributed by atoms with van der Waals surface area (Å²) in [6, 6.07) is 19.8. The largest absolute Gasteiger partial charge is 0.764 e. The Hall–Kier alpha value is -2.24. The Morgan fingerprint density at radius 1 is 0.947 bits per heavy atom. The van der Waals surface area contributed by atoms with E-state index in [-0.39, 0.29) is 0 Å². The Bertz CT molecular complexity index is 553. The van der Waals surface area contributed by atoms with Gasteiger partial charge in [0.15, 0.2) is 0 Å². The van der Waals surface area contributed by atoms with E-state index in [9.17, 15) is 5.41 Å². The first-order valence-corrected chi connectivity index (χ1v) is 6.61. The topological polar surface area (TPSA) is 22.3 Å². The number of hydrogen-bond acceptors (Lipinski definition) is 0. The van der Waals surface area contributed by atoms with Crippen molar-refractivity contribution in [2.24, 2.45) is 0 Å². The van der Waals surface area contributed by atoms with E-state index >= 15 is 0 Å². The molecule has 19 heavy (non-hydrogen) atoms. The molecule has 0 bridgehead atoms. The van der Waals surface area contributed by atoms with E-state index in [0.29, 0.717) is 12.1 Å². The quantitative estimate of drug-likeness (QED) is 0.414. The van der Waals surface area contributed by atoms with Crippen molar-refractivity contribution in [2.45, 2.75) is 19.8 Å². The Morgan fingerprint density at radius 3 is 2.11 bits per heavy atom. The summed E-state index contributed by atoms with van der Waals surface area (Å²) in [7, 11) is 0. The predicted molar refractivity (Wildman–Crippen MR) is 81.9 cm³/mol. The van der Waals surface area contributed by atoms with Crippen LogP contribution < -0.4 is 0 Å². The Morgan fingerprint density at radius 2 is 1.53 bits per heavy atom. The van der Waals surface area contributed by atoms with E-state index in [2.05, 4.69) is 13.0 Å². The highest BCUT2D eigenvalue weighted by molar-refractivity contribution is 6.25. The molecular weight excluding hydrogens is 230 g/mol. The van der Waals surface area contributed by atoms with E-state index in [1.165, 1.54) is 0 Å². The van der Waals surface area contributed by atoms with Crippen LogP contribution >= 0.6 is 0 Å². The third-order valence-corrected chi connectivity index (χ3v) is 2.88. The Kier molecular flexibility index (Phi) is 4.60. The third-order valence-electron chi connectivity index (χ3n) is 2.88. The zero-order chi connectivity index (χ0) is 13.5. The lowest BCUT2D eigenvalue weighted by atomic mass is 9.96. The van der Waals surface area contributed by atoms with Gasteiger partial charge in [-0.05, 0) is 43.2 Å². The highest BCUT2D eigenvalue weighted by Gasteiger charge is 2.09. The molecule has 2 aromatic carbocycles. The maximum absolute atomic E-state index is 10.2. The molecule has 0 aliphatic rings. The molecule has 2 rings (SSSR count). The average molecular weight is 247 g/mol. The van der Waals surface area contributed by atoms with E-state index in [1.807, 2.05) is 60.7 Å². The second-order valence-corrected chi connectivity index (χ2v) is 4.43. The lowest BCUT2D eigenvalue weighted by Gasteiger charge is -2.09. The molecule has 0 fully saturated rings. The molecule has 2 aromatic rings. The molecule has 0 atom stereocenters. The lowest BCUT2D eigenvalue weighted by Crippen LogP contribution is -2.00. The van der Waals surface area contributed by atoms with Gasteiger partial charge in [0, 0.05) is 18.2 Å². The summed E-state index contributed by atoms with van der Waals surface area (Å²) in [4.78, 5) is 0. The zero-order valence-electron chi connectivity index (χ0n) is 11.1. The highest BCUT2D eigenvalue weighted by Crippen LogP contribution is 2.19. The zero-order valence-corrected chi connectivity index (χ0v) is 11.1. The van der Waals surface area contributed by atoms with Gasteiger partial charge in [-0.25, -0.2) is 0 Å². The van der Waals surface area contributed by atoms with Crippen molar-refractivity contribution in [1.82, 2.24) is 0 Å². The minimum Gasteiger partial charge on any atom is -0.764 e. The summed E-state index contributed by atoms with van der Waals surface area (Å²) in [5, 5.41) is 10.2. The molecule has 0 aliphatic heterocycles. The van der Waals surface area contributed by atoms with Crippen LogP contribution in [0, 0.1) is 6.08 Å². The monoisotopic (exact) mass is 247 g/mol. The van der Waals surface area contributed by atoms with Crippen LogP contribution in [0.15, 0.2) is 60.7 Å². The van der Waals surface area contributed by atoms with Gasteiger partial charge < -0.3 is 5.41 Å². The van der Waals surface area contributed by atoms with Crippen molar-refractivity contribution in [3.63, 3.8) is 0 Å². The molecule has 0 aliphatic carbocycles. The standard InChI is InChI=1S/C18H17N/c1-2-9-18(19)17(16-12-7-4-8-13-16)14-15-10-5-3-6-11-15/h3-8,10-13H,2,9H2,1H3. The molecule has 94 valence electrons. The highest BCUT2D eigenvalue weighted by atomic mass is 14.4. The van der Waals surface area contributed by atoms with Crippen molar-refractivity contribution in [3.8, 4) is 0 Å². The maximum Gasteiger partial charge on any atom is 0.122 e. The fourth-order valence-corrected chi connectivity index (χ4v) is 1.94. The molecule has 1 heteroatoms. The van der Waals surface area contributed by atoms with Crippen molar-refractivity contribution in [1.29, 1.82) is 0 Å². The average Bonchev–Trinajstić information content (AvgIpc) is 2.47. The summed E-state index contributed by atoms with van der Waals surface area (Å²) in [5.74, 6) is 0. The van der Waals surface area contributed by atoms with Crippen LogP contribution in [0.25, 0.3) is 11.0 Å². The van der Waals surface area contributed by atoms with Gasteiger partial charge in [0.1, 0.15) is 11.1 Å². The van der Waals surface area contributed by atoms with Gasteiger partial charge in [-0.15, -0.1) is 0 Å². The van der Waals surface area contributed by atoms with E-state index in [4.69, 9.17) is 0 Å². The van der Waals surface area contributed by atoms with Crippen LogP contribution in [0.4, 0.5) is 0 Å². The van der Waals surface area contributed by atoms with Gasteiger partial charge in [0.2, 0.25) is 0 Å². The van der Waals surface area contributed by atoms with Gasteiger partial charge in [-0.1, -0.05) is 30.8 Å². The van der Waals surface area contributed by atoms with Crippen LogP contribution in [-0.2, 0) is 0 Å². The molecule has 0 amide bonds. The van der Waals surface area contributed by atoms with Gasteiger partial charge in [-0.3, -0.25) is 0 Å². The van der Waals surface area contributed by atoms with E-state index in [0.717, 1.165) is 23.1 Å². The summed E-state index contributed by atoms with van der Waals surface area (Å²) < 4.78 is 0. The molecule has 0 saturated heterocycles. The van der Waals surface area contributed by atoms with Crippen LogP contribution in [0.1, 0.15) is 30.9 Å². The maximum atomic E-state index is 10.2. The van der Waals surface area contributed by atoms with Gasteiger partial charge in [0.05, 0.1) is 5.56 Å². The van der Waals surface area contributed by atoms with Crippen LogP contribution in [-0.4, -0.2) is 5.71 Å². The Labute approximate surface area is 115 Å². The Balaban J connectivity index is 2.41. The van der Waals surface area contributed by atoms with Crippen molar-refractivity contribution >= 4 is 11.3 Å². The summed E-state index contributed by atoms with van der Waals surface area (Å²) >= 11 is 0. The molecule has 0 unspecified atom stereocenters. The van der Waals surface area contributed by atoms with Crippen molar-refractivity contribution in [3.05, 3.63) is 83.3 Å². The number of rotatable bonds is 5. The molecule has 1 nitrogen and oxygen atoms in total. The number of nitrogens with zero attached hydrogens (tertiary/aromatic N) is 1. The molecule has 0 saturated carbocycles. The van der Waals surface area contributed by atoms with Gasteiger partial charge in [0.25, 0.3) is 0 Å². The number of benzene rings is 2. The number of allylic oxidation sites excluding steroid dienone is 1. The van der Waals surface area contributed by atoms with Gasteiger partial charge in [-0.2, -0.15) is 0 Å². The summed E-state index contributed by atoms with van der Waals surface area (Å²) in [5.41, 5.74) is 3.16. The molecule has 0 spiro atoms. The SMILES string of the molecule is CCCC(=[N-])C(=[C+]c1ccccc1)c1ccccc1. The molecule has 0 radical (unpaired) electrons. The molecule has 0 N–H and O–H groups in total. The summed E-state index contributed by atoms with van der Waals surface area (Å²) in [6.45, 7) is 2.06.